The molecule has 248 valence electrons. The topological polar surface area (TPSA) is 61.3 Å². The first kappa shape index (κ1) is 30.3. The van der Waals surface area contributed by atoms with E-state index in [9.17, 15) is 0 Å². The second-order valence-corrected chi connectivity index (χ2v) is 13.7. The highest BCUT2D eigenvalue weighted by Crippen LogP contribution is 2.34. The first-order valence-electron chi connectivity index (χ1n) is 17.8. The van der Waals surface area contributed by atoms with Crippen molar-refractivity contribution in [3.8, 4) is 11.1 Å². The standard InChI is InChI=1S/C47H35N5/c1-3-11-32-21-36(19-17-30(32)9-1)45-50-46(37-20-18-31-10-2-4-12-33(31)22-37)52-47(51-45)40-26-38(41-23-34-13-5-7-15-43(34)48-28-41)25-39(27-40)42-24-35-14-6-8-16-44(35)49-29-42/h1-29,43,45-46,48,50H,(H,51,52). The molecule has 3 unspecified atom stereocenters. The number of hydrogen-bond acceptors (Lipinski definition) is 5. The van der Waals surface area contributed by atoms with Gasteiger partial charge < -0.3 is 10.6 Å². The number of para-hydroxylation sites is 1. The minimum absolute atomic E-state index is 0.180. The van der Waals surface area contributed by atoms with Gasteiger partial charge in [-0.05, 0) is 103 Å². The van der Waals surface area contributed by atoms with Gasteiger partial charge in [-0.1, -0.05) is 115 Å². The lowest BCUT2D eigenvalue weighted by Crippen LogP contribution is -2.45. The molecule has 1 aliphatic carbocycles. The predicted octanol–water partition coefficient (Wildman–Crippen LogP) is 9.91. The van der Waals surface area contributed by atoms with E-state index < -0.39 is 0 Å². The molecule has 3 atom stereocenters. The van der Waals surface area contributed by atoms with Crippen LogP contribution < -0.4 is 16.0 Å². The second kappa shape index (κ2) is 12.6. The smallest absolute Gasteiger partial charge is 0.131 e. The van der Waals surface area contributed by atoms with Gasteiger partial charge in [0.15, 0.2) is 0 Å². The van der Waals surface area contributed by atoms with Crippen LogP contribution in [0.15, 0.2) is 187 Å². The number of benzene rings is 6. The van der Waals surface area contributed by atoms with Crippen LogP contribution in [0, 0.1) is 0 Å². The Labute approximate surface area is 302 Å². The third kappa shape index (κ3) is 5.67. The molecule has 52 heavy (non-hydrogen) atoms. The average molecular weight is 670 g/mol. The number of rotatable bonds is 5. The summed E-state index contributed by atoms with van der Waals surface area (Å²) >= 11 is 0. The maximum atomic E-state index is 5.41. The van der Waals surface area contributed by atoms with Crippen LogP contribution in [-0.4, -0.2) is 16.9 Å². The van der Waals surface area contributed by atoms with Crippen LogP contribution in [-0.2, 0) is 0 Å². The minimum Gasteiger partial charge on any atom is -0.380 e. The summed E-state index contributed by atoms with van der Waals surface area (Å²) in [6, 6.07) is 47.8. The number of amidine groups is 1. The number of pyridine rings is 1. The molecule has 3 N–H and O–H groups in total. The van der Waals surface area contributed by atoms with E-state index in [0.29, 0.717) is 0 Å². The van der Waals surface area contributed by atoms with Gasteiger partial charge in [0.1, 0.15) is 18.2 Å². The molecule has 3 heterocycles. The zero-order valence-electron chi connectivity index (χ0n) is 28.4. The summed E-state index contributed by atoms with van der Waals surface area (Å²) in [7, 11) is 0. The molecule has 0 bridgehead atoms. The van der Waals surface area contributed by atoms with E-state index in [1.165, 1.54) is 27.1 Å². The van der Waals surface area contributed by atoms with Crippen LogP contribution in [0.2, 0.25) is 0 Å². The van der Waals surface area contributed by atoms with Crippen LogP contribution in [0.25, 0.3) is 49.1 Å². The van der Waals surface area contributed by atoms with Gasteiger partial charge in [-0.15, -0.1) is 0 Å². The summed E-state index contributed by atoms with van der Waals surface area (Å²) in [5, 5.41) is 17.2. The van der Waals surface area contributed by atoms with Crippen molar-refractivity contribution in [3.63, 3.8) is 0 Å². The van der Waals surface area contributed by atoms with Gasteiger partial charge in [0, 0.05) is 28.9 Å². The fourth-order valence-corrected chi connectivity index (χ4v) is 7.55. The Morgan fingerprint density at radius 2 is 1.25 bits per heavy atom. The highest BCUT2D eigenvalue weighted by Gasteiger charge is 2.27. The van der Waals surface area contributed by atoms with E-state index in [-0.39, 0.29) is 18.4 Å². The Bertz CT molecular complexity index is 2700. The molecule has 0 amide bonds. The summed E-state index contributed by atoms with van der Waals surface area (Å²) < 4.78 is 0. The minimum atomic E-state index is -0.274. The fourth-order valence-electron chi connectivity index (χ4n) is 7.55. The summed E-state index contributed by atoms with van der Waals surface area (Å²) in [6.07, 6.45) is 14.5. The first-order valence-corrected chi connectivity index (χ1v) is 17.8. The van der Waals surface area contributed by atoms with E-state index in [0.717, 1.165) is 55.7 Å². The van der Waals surface area contributed by atoms with Crippen LogP contribution in [0.1, 0.15) is 34.6 Å². The normalized spacial score (nSPS) is 19.4. The van der Waals surface area contributed by atoms with E-state index in [2.05, 4.69) is 180 Å². The van der Waals surface area contributed by atoms with Gasteiger partial charge in [0.05, 0.1) is 11.6 Å². The molecule has 6 aromatic carbocycles. The maximum absolute atomic E-state index is 5.41. The summed E-state index contributed by atoms with van der Waals surface area (Å²) in [4.78, 5) is 10.2. The van der Waals surface area contributed by atoms with Crippen LogP contribution >= 0.6 is 0 Å². The molecule has 1 aromatic heterocycles. The molecule has 0 saturated heterocycles. The Morgan fingerprint density at radius 1 is 0.558 bits per heavy atom. The van der Waals surface area contributed by atoms with E-state index in [1.54, 1.807) is 0 Å². The monoisotopic (exact) mass is 669 g/mol. The number of fused-ring (bicyclic) bond motifs is 4. The number of nitrogens with one attached hydrogen (secondary N) is 3. The second-order valence-electron chi connectivity index (χ2n) is 13.7. The van der Waals surface area contributed by atoms with Crippen molar-refractivity contribution in [2.24, 2.45) is 4.99 Å². The molecule has 5 nitrogen and oxygen atoms in total. The molecule has 5 heteroatoms. The number of hydrogen-bond donors (Lipinski definition) is 3. The van der Waals surface area contributed by atoms with Crippen molar-refractivity contribution < 1.29 is 0 Å². The van der Waals surface area contributed by atoms with E-state index in [1.807, 2.05) is 12.3 Å². The van der Waals surface area contributed by atoms with E-state index >= 15 is 0 Å². The van der Waals surface area contributed by atoms with Crippen LogP contribution in [0.4, 0.5) is 0 Å². The van der Waals surface area contributed by atoms with Gasteiger partial charge in [0.25, 0.3) is 0 Å². The van der Waals surface area contributed by atoms with E-state index in [4.69, 9.17) is 9.98 Å². The zero-order valence-corrected chi connectivity index (χ0v) is 28.4. The summed E-state index contributed by atoms with van der Waals surface area (Å²) in [5.41, 5.74) is 9.87. The highest BCUT2D eigenvalue weighted by atomic mass is 15.3. The average Bonchev–Trinajstić information content (AvgIpc) is 3.22. The number of aromatic nitrogens is 1. The van der Waals surface area contributed by atoms with Crippen LogP contribution in [0.3, 0.4) is 0 Å². The third-order valence-corrected chi connectivity index (χ3v) is 10.3. The molecule has 0 saturated carbocycles. The lowest BCUT2D eigenvalue weighted by Gasteiger charge is -2.33. The number of aliphatic imine (C=N–C) groups is 1. The quantitative estimate of drug-likeness (QED) is 0.171. The maximum Gasteiger partial charge on any atom is 0.131 e. The van der Waals surface area contributed by atoms with Crippen molar-refractivity contribution >= 4 is 43.9 Å². The molecule has 0 radical (unpaired) electrons. The molecule has 10 rings (SSSR count). The molecule has 0 spiro atoms. The van der Waals surface area contributed by atoms with Crippen molar-refractivity contribution in [1.82, 2.24) is 20.9 Å². The van der Waals surface area contributed by atoms with Gasteiger partial charge in [0.2, 0.25) is 0 Å². The largest absolute Gasteiger partial charge is 0.380 e. The van der Waals surface area contributed by atoms with Gasteiger partial charge in [-0.25, -0.2) is 4.99 Å². The summed E-state index contributed by atoms with van der Waals surface area (Å²) in [6.45, 7) is 0. The van der Waals surface area contributed by atoms with Gasteiger partial charge >= 0.3 is 0 Å². The Balaban J connectivity index is 1.13. The molecular formula is C47H35N5. The van der Waals surface area contributed by atoms with Crippen molar-refractivity contribution in [3.05, 3.63) is 204 Å². The molecule has 0 fully saturated rings. The van der Waals surface area contributed by atoms with Gasteiger partial charge in [-0.3, -0.25) is 10.3 Å². The molecule has 2 aliphatic heterocycles. The first-order chi connectivity index (χ1) is 25.7. The Morgan fingerprint density at radius 3 is 2.08 bits per heavy atom. The number of nitrogens with zero attached hydrogens (tertiary/aromatic N) is 2. The zero-order chi connectivity index (χ0) is 34.4. The lowest BCUT2D eigenvalue weighted by molar-refractivity contribution is 0.409. The lowest BCUT2D eigenvalue weighted by atomic mass is 9.91. The van der Waals surface area contributed by atoms with Crippen molar-refractivity contribution in [2.45, 2.75) is 18.4 Å². The third-order valence-electron chi connectivity index (χ3n) is 10.3. The predicted molar refractivity (Wildman–Crippen MR) is 215 cm³/mol. The van der Waals surface area contributed by atoms with Crippen molar-refractivity contribution in [2.75, 3.05) is 0 Å². The van der Waals surface area contributed by atoms with Crippen molar-refractivity contribution in [1.29, 1.82) is 0 Å². The number of dihydropyridines is 1. The molecule has 7 aromatic rings. The SMILES string of the molecule is C1=CC2=CC(c3cc(C4=NC(c5ccc6ccccc6c5)NC(c5ccc6ccccc6c5)N4)cc(-c4cnc5ccccc5c4)c3)=CNC2C=C1. The summed E-state index contributed by atoms with van der Waals surface area (Å²) in [5.74, 6) is 0.835. The molecule has 3 aliphatic rings. The fraction of sp³-hybridized carbons (Fsp3) is 0.0638. The Kier molecular flexibility index (Phi) is 7.36. The Hall–Kier alpha value is -6.56. The van der Waals surface area contributed by atoms with Crippen LogP contribution in [0.5, 0.6) is 0 Å². The highest BCUT2D eigenvalue weighted by molar-refractivity contribution is 6.02. The number of allylic oxidation sites excluding steroid dienone is 4. The molecular weight excluding hydrogens is 635 g/mol. The van der Waals surface area contributed by atoms with Gasteiger partial charge in [-0.2, -0.15) is 0 Å².